The Morgan fingerprint density at radius 2 is 1.83 bits per heavy atom. The van der Waals surface area contributed by atoms with E-state index in [1.807, 2.05) is 7.05 Å². The molecule has 2 N–H and O–H groups in total. The fourth-order valence-electron chi connectivity index (χ4n) is 1.82. The Bertz CT molecular complexity index is 200. The molecule has 4 heteroatoms. The van der Waals surface area contributed by atoms with Crippen LogP contribution in [0, 0.1) is 0 Å². The van der Waals surface area contributed by atoms with E-state index >= 15 is 0 Å². The number of rotatable bonds is 12. The second-order valence-electron chi connectivity index (χ2n) is 4.54. The predicted octanol–water partition coefficient (Wildman–Crippen LogP) is 2.80. The number of amides is 1. The minimum absolute atomic E-state index is 0.147. The van der Waals surface area contributed by atoms with E-state index in [4.69, 9.17) is 0 Å². The number of hydrogen-bond donors (Lipinski definition) is 2. The van der Waals surface area contributed by atoms with Crippen molar-refractivity contribution in [3.63, 3.8) is 0 Å². The largest absolute Gasteiger partial charge is 0.355 e. The highest BCUT2D eigenvalue weighted by Gasteiger charge is 2.16. The molecule has 0 aromatic rings. The first-order valence-electron chi connectivity index (χ1n) is 7.30. The molecule has 0 aliphatic rings. The summed E-state index contributed by atoms with van der Waals surface area (Å²) in [7, 11) is 1.97. The summed E-state index contributed by atoms with van der Waals surface area (Å²) in [4.78, 5) is 12.0. The van der Waals surface area contributed by atoms with Crippen LogP contribution in [0.1, 0.15) is 52.4 Å². The number of hydrogen-bond acceptors (Lipinski definition) is 3. The lowest BCUT2D eigenvalue weighted by atomic mass is 10.1. The zero-order valence-electron chi connectivity index (χ0n) is 12.3. The van der Waals surface area contributed by atoms with Gasteiger partial charge in [0.2, 0.25) is 5.91 Å². The van der Waals surface area contributed by atoms with Crippen LogP contribution >= 0.6 is 11.8 Å². The van der Waals surface area contributed by atoms with Crippen molar-refractivity contribution in [2.24, 2.45) is 0 Å². The number of carbonyl (C=O) groups is 1. The van der Waals surface area contributed by atoms with Gasteiger partial charge in [0.1, 0.15) is 0 Å². The standard InChI is InChI=1S/C14H30N2OS/c1-4-6-8-12-16-14(17)13(18-5-2)10-7-9-11-15-3/h13,15H,4-12H2,1-3H3,(H,16,17). The molecule has 0 bridgehead atoms. The molecular formula is C14H30N2OS. The van der Waals surface area contributed by atoms with Gasteiger partial charge in [0.25, 0.3) is 0 Å². The van der Waals surface area contributed by atoms with Crippen molar-refractivity contribution >= 4 is 17.7 Å². The molecule has 108 valence electrons. The van der Waals surface area contributed by atoms with Crippen molar-refractivity contribution in [3.05, 3.63) is 0 Å². The third kappa shape index (κ3) is 9.77. The van der Waals surface area contributed by atoms with E-state index in [1.54, 1.807) is 11.8 Å². The van der Waals surface area contributed by atoms with Gasteiger partial charge in [-0.15, -0.1) is 11.8 Å². The zero-order chi connectivity index (χ0) is 13.6. The zero-order valence-corrected chi connectivity index (χ0v) is 13.1. The first-order valence-corrected chi connectivity index (χ1v) is 8.35. The average molecular weight is 274 g/mol. The van der Waals surface area contributed by atoms with Gasteiger partial charge in [-0.25, -0.2) is 0 Å². The molecule has 0 saturated heterocycles. The Kier molecular flexibility index (Phi) is 13.1. The van der Waals surface area contributed by atoms with E-state index < -0.39 is 0 Å². The lowest BCUT2D eigenvalue weighted by molar-refractivity contribution is -0.120. The highest BCUT2D eigenvalue weighted by atomic mass is 32.2. The van der Waals surface area contributed by atoms with Gasteiger partial charge in [-0.3, -0.25) is 4.79 Å². The number of nitrogens with one attached hydrogen (secondary N) is 2. The third-order valence-electron chi connectivity index (χ3n) is 2.88. The van der Waals surface area contributed by atoms with Crippen LogP contribution in [0.15, 0.2) is 0 Å². The van der Waals surface area contributed by atoms with Crippen molar-refractivity contribution in [1.29, 1.82) is 0 Å². The van der Waals surface area contributed by atoms with Gasteiger partial charge in [-0.1, -0.05) is 33.1 Å². The molecule has 1 unspecified atom stereocenters. The maximum Gasteiger partial charge on any atom is 0.233 e. The van der Waals surface area contributed by atoms with Crippen molar-refractivity contribution in [3.8, 4) is 0 Å². The maximum atomic E-state index is 12.0. The predicted molar refractivity (Wildman–Crippen MR) is 82.2 cm³/mol. The summed E-state index contributed by atoms with van der Waals surface area (Å²) >= 11 is 1.77. The summed E-state index contributed by atoms with van der Waals surface area (Å²) in [5, 5.41) is 6.36. The van der Waals surface area contributed by atoms with Crippen LogP contribution in [0.25, 0.3) is 0 Å². The molecule has 18 heavy (non-hydrogen) atoms. The molecule has 0 aromatic carbocycles. The fraction of sp³-hybridized carbons (Fsp3) is 0.929. The average Bonchev–Trinajstić information content (AvgIpc) is 2.38. The van der Waals surface area contributed by atoms with Crippen LogP contribution in [0.2, 0.25) is 0 Å². The minimum Gasteiger partial charge on any atom is -0.355 e. The van der Waals surface area contributed by atoms with Crippen LogP contribution < -0.4 is 10.6 Å². The van der Waals surface area contributed by atoms with E-state index in [0.29, 0.717) is 0 Å². The molecule has 0 saturated carbocycles. The lowest BCUT2D eigenvalue weighted by Crippen LogP contribution is -2.33. The summed E-state index contributed by atoms with van der Waals surface area (Å²) in [6, 6.07) is 0. The highest BCUT2D eigenvalue weighted by Crippen LogP contribution is 2.17. The molecular weight excluding hydrogens is 244 g/mol. The van der Waals surface area contributed by atoms with E-state index in [9.17, 15) is 4.79 Å². The minimum atomic E-state index is 0.147. The number of thioether (sulfide) groups is 1. The topological polar surface area (TPSA) is 41.1 Å². The molecule has 0 rings (SSSR count). The van der Waals surface area contributed by atoms with E-state index in [2.05, 4.69) is 24.5 Å². The Labute approximate surface area is 117 Å². The lowest BCUT2D eigenvalue weighted by Gasteiger charge is -2.15. The number of unbranched alkanes of at least 4 members (excludes halogenated alkanes) is 3. The monoisotopic (exact) mass is 274 g/mol. The van der Waals surface area contributed by atoms with E-state index in [0.717, 1.165) is 44.5 Å². The molecule has 1 atom stereocenters. The Balaban J connectivity index is 3.79. The second kappa shape index (κ2) is 13.2. The van der Waals surface area contributed by atoms with Gasteiger partial charge < -0.3 is 10.6 Å². The van der Waals surface area contributed by atoms with Gasteiger partial charge in [0, 0.05) is 6.54 Å². The summed E-state index contributed by atoms with van der Waals surface area (Å²) in [5.41, 5.74) is 0. The van der Waals surface area contributed by atoms with Gasteiger partial charge in [0.15, 0.2) is 0 Å². The summed E-state index contributed by atoms with van der Waals surface area (Å²) in [5.74, 6) is 1.25. The van der Waals surface area contributed by atoms with E-state index in [-0.39, 0.29) is 11.2 Å². The van der Waals surface area contributed by atoms with Crippen LogP contribution in [-0.4, -0.2) is 37.0 Å². The molecule has 0 radical (unpaired) electrons. The summed E-state index contributed by atoms with van der Waals surface area (Å²) in [6.07, 6.45) is 6.79. The molecule has 0 aliphatic heterocycles. The molecule has 0 spiro atoms. The van der Waals surface area contributed by atoms with Crippen molar-refractivity contribution in [1.82, 2.24) is 10.6 Å². The van der Waals surface area contributed by atoms with Gasteiger partial charge >= 0.3 is 0 Å². The first-order chi connectivity index (χ1) is 8.76. The quantitative estimate of drug-likeness (QED) is 0.538. The third-order valence-corrected chi connectivity index (χ3v) is 4.07. The number of carbonyl (C=O) groups excluding carboxylic acids is 1. The molecule has 3 nitrogen and oxygen atoms in total. The first kappa shape index (κ1) is 17.8. The molecule has 0 aromatic heterocycles. The molecule has 0 aliphatic carbocycles. The maximum absolute atomic E-state index is 12.0. The van der Waals surface area contributed by atoms with Crippen LogP contribution in [0.3, 0.4) is 0 Å². The Morgan fingerprint density at radius 3 is 2.44 bits per heavy atom. The van der Waals surface area contributed by atoms with Gasteiger partial charge in [-0.05, 0) is 38.6 Å². The van der Waals surface area contributed by atoms with Crippen LogP contribution in [0.5, 0.6) is 0 Å². The van der Waals surface area contributed by atoms with Crippen molar-refractivity contribution in [2.75, 3.05) is 25.9 Å². The summed E-state index contributed by atoms with van der Waals surface area (Å²) < 4.78 is 0. The van der Waals surface area contributed by atoms with E-state index in [1.165, 1.54) is 12.8 Å². The SMILES string of the molecule is CCCCCNC(=O)C(CCCCNC)SCC. The molecule has 0 heterocycles. The van der Waals surface area contributed by atoms with Gasteiger partial charge in [-0.2, -0.15) is 0 Å². The highest BCUT2D eigenvalue weighted by molar-refractivity contribution is 8.00. The smallest absolute Gasteiger partial charge is 0.233 e. The fourth-order valence-corrected chi connectivity index (χ4v) is 2.79. The van der Waals surface area contributed by atoms with Crippen molar-refractivity contribution < 1.29 is 4.79 Å². The second-order valence-corrected chi connectivity index (χ2v) is 6.02. The Morgan fingerprint density at radius 1 is 1.11 bits per heavy atom. The Hall–Kier alpha value is -0.220. The molecule has 1 amide bonds. The van der Waals surface area contributed by atoms with Crippen molar-refractivity contribution in [2.45, 2.75) is 57.6 Å². The van der Waals surface area contributed by atoms with Crippen LogP contribution in [-0.2, 0) is 4.79 Å². The summed E-state index contributed by atoms with van der Waals surface area (Å²) in [6.45, 7) is 6.18. The normalized spacial score (nSPS) is 12.4. The molecule has 0 fully saturated rings. The van der Waals surface area contributed by atoms with Gasteiger partial charge in [0.05, 0.1) is 5.25 Å². The van der Waals surface area contributed by atoms with Crippen LogP contribution in [0.4, 0.5) is 0 Å².